The van der Waals surface area contributed by atoms with Gasteiger partial charge in [-0.25, -0.2) is 10.3 Å². The fourth-order valence-electron chi connectivity index (χ4n) is 2.69. The van der Waals surface area contributed by atoms with Crippen LogP contribution in [0, 0.1) is 0 Å². The standard InChI is InChI=1S/C19H19BrN4O4/c1-2-7-28-15-5-3-14(4-6-15)24-17(25)9-16(19(24)27)22-23-18(26)12-8-13(20)11-21-10-12/h3-6,8,10-11,16,22H,2,7,9H2,1H3,(H,23,26)/t16-/m1/s1. The third-order valence-corrected chi connectivity index (χ3v) is 4.48. The molecule has 146 valence electrons. The number of amides is 3. The van der Waals surface area contributed by atoms with E-state index >= 15 is 0 Å². The number of carbonyl (C=O) groups excluding carboxylic acids is 3. The maximum absolute atomic E-state index is 12.6. The molecule has 0 unspecified atom stereocenters. The molecular formula is C19H19BrN4O4. The van der Waals surface area contributed by atoms with Gasteiger partial charge in [-0.1, -0.05) is 6.92 Å². The van der Waals surface area contributed by atoms with Crippen LogP contribution in [0.15, 0.2) is 47.2 Å². The quantitative estimate of drug-likeness (QED) is 0.499. The van der Waals surface area contributed by atoms with Crippen LogP contribution in [0.25, 0.3) is 0 Å². The van der Waals surface area contributed by atoms with Gasteiger partial charge in [-0.15, -0.1) is 0 Å². The van der Waals surface area contributed by atoms with Crippen LogP contribution >= 0.6 is 15.9 Å². The lowest BCUT2D eigenvalue weighted by molar-refractivity contribution is -0.121. The number of hydrazine groups is 1. The van der Waals surface area contributed by atoms with Crippen LogP contribution < -0.4 is 20.5 Å². The average Bonchev–Trinajstić information content (AvgIpc) is 2.98. The molecule has 0 radical (unpaired) electrons. The van der Waals surface area contributed by atoms with Crippen molar-refractivity contribution in [1.82, 2.24) is 15.8 Å². The Balaban J connectivity index is 1.62. The van der Waals surface area contributed by atoms with Gasteiger partial charge in [0, 0.05) is 16.9 Å². The average molecular weight is 447 g/mol. The predicted octanol–water partition coefficient (Wildman–Crippen LogP) is 2.20. The zero-order valence-electron chi connectivity index (χ0n) is 15.1. The normalized spacial score (nSPS) is 16.4. The van der Waals surface area contributed by atoms with Gasteiger partial charge in [0.05, 0.1) is 24.3 Å². The van der Waals surface area contributed by atoms with Gasteiger partial charge in [0.15, 0.2) is 0 Å². The summed E-state index contributed by atoms with van der Waals surface area (Å²) in [7, 11) is 0. The molecule has 2 N–H and O–H groups in total. The smallest absolute Gasteiger partial charge is 0.266 e. The zero-order valence-corrected chi connectivity index (χ0v) is 16.7. The number of aromatic nitrogens is 1. The van der Waals surface area contributed by atoms with E-state index in [0.29, 0.717) is 28.1 Å². The summed E-state index contributed by atoms with van der Waals surface area (Å²) in [6.45, 7) is 2.61. The molecule has 0 aliphatic carbocycles. The molecule has 1 fully saturated rings. The number of ether oxygens (including phenoxy) is 1. The van der Waals surface area contributed by atoms with Gasteiger partial charge < -0.3 is 4.74 Å². The molecule has 3 amide bonds. The van der Waals surface area contributed by atoms with Gasteiger partial charge in [0.1, 0.15) is 11.8 Å². The first-order chi connectivity index (χ1) is 13.5. The van der Waals surface area contributed by atoms with Crippen molar-refractivity contribution in [3.05, 3.63) is 52.8 Å². The number of carbonyl (C=O) groups is 3. The Labute approximate surface area is 170 Å². The van der Waals surface area contributed by atoms with Gasteiger partial charge in [-0.05, 0) is 52.7 Å². The fourth-order valence-corrected chi connectivity index (χ4v) is 3.05. The zero-order chi connectivity index (χ0) is 20.1. The van der Waals surface area contributed by atoms with Crippen molar-refractivity contribution in [1.29, 1.82) is 0 Å². The number of hydrogen-bond acceptors (Lipinski definition) is 6. The number of nitrogens with zero attached hydrogens (tertiary/aromatic N) is 2. The van der Waals surface area contributed by atoms with Crippen molar-refractivity contribution in [3.63, 3.8) is 0 Å². The summed E-state index contributed by atoms with van der Waals surface area (Å²) in [5.74, 6) is -0.554. The highest BCUT2D eigenvalue weighted by Gasteiger charge is 2.39. The second kappa shape index (κ2) is 8.94. The van der Waals surface area contributed by atoms with Crippen molar-refractivity contribution >= 4 is 39.3 Å². The summed E-state index contributed by atoms with van der Waals surface area (Å²) in [6.07, 6.45) is 3.79. The molecule has 1 aromatic carbocycles. The molecule has 1 aliphatic heterocycles. The fraction of sp³-hybridized carbons (Fsp3) is 0.263. The molecule has 0 bridgehead atoms. The number of halogens is 1. The maximum atomic E-state index is 12.6. The molecule has 1 aliphatic rings. The van der Waals surface area contributed by atoms with Crippen LogP contribution in [-0.2, 0) is 9.59 Å². The molecule has 3 rings (SSSR count). The Kier molecular flexibility index (Phi) is 6.37. The molecule has 0 spiro atoms. The van der Waals surface area contributed by atoms with Crippen LogP contribution in [0.4, 0.5) is 5.69 Å². The summed E-state index contributed by atoms with van der Waals surface area (Å²) in [5.41, 5.74) is 5.87. The van der Waals surface area contributed by atoms with Crippen LogP contribution in [0.1, 0.15) is 30.1 Å². The van der Waals surface area contributed by atoms with Crippen molar-refractivity contribution in [3.8, 4) is 5.75 Å². The number of nitrogens with one attached hydrogen (secondary N) is 2. The Morgan fingerprint density at radius 1 is 1.29 bits per heavy atom. The second-order valence-electron chi connectivity index (χ2n) is 6.16. The van der Waals surface area contributed by atoms with E-state index in [4.69, 9.17) is 4.74 Å². The van der Waals surface area contributed by atoms with Crippen LogP contribution in [-0.4, -0.2) is 35.4 Å². The van der Waals surface area contributed by atoms with E-state index in [9.17, 15) is 14.4 Å². The molecule has 9 heteroatoms. The Hall–Kier alpha value is -2.78. The number of benzene rings is 1. The number of pyridine rings is 1. The highest BCUT2D eigenvalue weighted by Crippen LogP contribution is 2.25. The Bertz CT molecular complexity index is 888. The largest absolute Gasteiger partial charge is 0.494 e. The first-order valence-corrected chi connectivity index (χ1v) is 9.55. The van der Waals surface area contributed by atoms with E-state index in [-0.39, 0.29) is 12.3 Å². The molecule has 8 nitrogen and oxygen atoms in total. The molecular weight excluding hydrogens is 428 g/mol. The predicted molar refractivity (Wildman–Crippen MR) is 106 cm³/mol. The summed E-state index contributed by atoms with van der Waals surface area (Å²) >= 11 is 3.24. The Morgan fingerprint density at radius 3 is 2.71 bits per heavy atom. The van der Waals surface area contributed by atoms with E-state index in [2.05, 4.69) is 31.8 Å². The van der Waals surface area contributed by atoms with E-state index in [1.54, 1.807) is 36.5 Å². The lowest BCUT2D eigenvalue weighted by Crippen LogP contribution is -2.48. The molecule has 1 saturated heterocycles. The topological polar surface area (TPSA) is 101 Å². The van der Waals surface area contributed by atoms with Gasteiger partial charge in [-0.3, -0.25) is 24.8 Å². The minimum absolute atomic E-state index is 0.0517. The number of anilines is 1. The van der Waals surface area contributed by atoms with Crippen molar-refractivity contribution in [2.45, 2.75) is 25.8 Å². The summed E-state index contributed by atoms with van der Waals surface area (Å²) in [5, 5.41) is 0. The lowest BCUT2D eigenvalue weighted by Gasteiger charge is -2.16. The van der Waals surface area contributed by atoms with E-state index < -0.39 is 17.9 Å². The molecule has 1 aromatic heterocycles. The molecule has 0 saturated carbocycles. The van der Waals surface area contributed by atoms with Crippen molar-refractivity contribution in [2.24, 2.45) is 0 Å². The van der Waals surface area contributed by atoms with E-state index in [0.717, 1.165) is 11.3 Å². The monoisotopic (exact) mass is 446 g/mol. The maximum Gasteiger partial charge on any atom is 0.266 e. The van der Waals surface area contributed by atoms with E-state index in [1.807, 2.05) is 6.92 Å². The molecule has 2 aromatic rings. The third-order valence-electron chi connectivity index (χ3n) is 4.04. The molecule has 2 heterocycles. The van der Waals surface area contributed by atoms with Crippen molar-refractivity contribution < 1.29 is 19.1 Å². The van der Waals surface area contributed by atoms with Gasteiger partial charge in [-0.2, -0.15) is 0 Å². The first-order valence-electron chi connectivity index (χ1n) is 8.75. The first kappa shape index (κ1) is 20.0. The summed E-state index contributed by atoms with van der Waals surface area (Å²) in [4.78, 5) is 42.1. The van der Waals surface area contributed by atoms with E-state index in [1.165, 1.54) is 6.20 Å². The highest BCUT2D eigenvalue weighted by atomic mass is 79.9. The highest BCUT2D eigenvalue weighted by molar-refractivity contribution is 9.10. The minimum Gasteiger partial charge on any atom is -0.494 e. The van der Waals surface area contributed by atoms with Crippen LogP contribution in [0.2, 0.25) is 0 Å². The number of hydrogen-bond donors (Lipinski definition) is 2. The Morgan fingerprint density at radius 2 is 2.04 bits per heavy atom. The van der Waals surface area contributed by atoms with Gasteiger partial charge in [0.2, 0.25) is 5.91 Å². The minimum atomic E-state index is -0.840. The summed E-state index contributed by atoms with van der Waals surface area (Å²) < 4.78 is 6.16. The summed E-state index contributed by atoms with van der Waals surface area (Å²) in [6, 6.07) is 7.51. The van der Waals surface area contributed by atoms with Gasteiger partial charge >= 0.3 is 0 Å². The van der Waals surface area contributed by atoms with Gasteiger partial charge in [0.25, 0.3) is 11.8 Å². The SMILES string of the molecule is CCCOc1ccc(N2C(=O)C[C@@H](NNC(=O)c3cncc(Br)c3)C2=O)cc1. The van der Waals surface area contributed by atoms with Crippen LogP contribution in [0.3, 0.4) is 0 Å². The molecule has 28 heavy (non-hydrogen) atoms. The molecule has 1 atom stereocenters. The van der Waals surface area contributed by atoms with Crippen LogP contribution in [0.5, 0.6) is 5.75 Å². The third kappa shape index (κ3) is 4.55. The van der Waals surface area contributed by atoms with Crippen molar-refractivity contribution in [2.75, 3.05) is 11.5 Å². The number of rotatable bonds is 7. The second-order valence-corrected chi connectivity index (χ2v) is 7.07. The number of imide groups is 1. The lowest BCUT2D eigenvalue weighted by atomic mass is 10.2.